The molecule has 3 aromatic carbocycles. The molecule has 5 rings (SSSR count). The zero-order valence-electron chi connectivity index (χ0n) is 15.4. The Kier molecular flexibility index (Phi) is 4.11. The third-order valence-electron chi connectivity index (χ3n) is 5.24. The minimum atomic E-state index is -5.07. The number of para-hydroxylation sites is 1. The molecule has 0 aliphatic carbocycles. The number of fused-ring (bicyclic) bond motifs is 5. The predicted octanol–water partition coefficient (Wildman–Crippen LogP) is 6.61. The van der Waals surface area contributed by atoms with Crippen molar-refractivity contribution in [3.8, 4) is 0 Å². The highest BCUT2D eigenvalue weighted by Crippen LogP contribution is 2.48. The Hall–Kier alpha value is -3.32. The van der Waals surface area contributed by atoms with Crippen LogP contribution in [0.4, 0.5) is 24.5 Å². The van der Waals surface area contributed by atoms with Crippen LogP contribution in [0.2, 0.25) is 0 Å². The molecule has 4 aromatic rings. The number of aliphatic hydroxyl groups is 1. The van der Waals surface area contributed by atoms with Crippen molar-refractivity contribution in [2.24, 2.45) is 0 Å². The van der Waals surface area contributed by atoms with Crippen LogP contribution in [0.15, 0.2) is 72.3 Å². The van der Waals surface area contributed by atoms with Crippen LogP contribution in [-0.2, 0) is 4.79 Å². The number of aliphatic hydroxyl groups excluding tert-OH is 1. The summed E-state index contributed by atoms with van der Waals surface area (Å²) in [5, 5.41) is 12.5. The molecule has 0 fully saturated rings. The fourth-order valence-electron chi connectivity index (χ4n) is 3.92. The van der Waals surface area contributed by atoms with Crippen molar-refractivity contribution in [1.29, 1.82) is 0 Å². The number of carbonyl (C=O) groups excluding carboxylic acids is 1. The maximum atomic E-state index is 13.2. The summed E-state index contributed by atoms with van der Waals surface area (Å²) in [7, 11) is 0. The minimum absolute atomic E-state index is 0.216. The van der Waals surface area contributed by atoms with Gasteiger partial charge in [0.2, 0.25) is 0 Å². The van der Waals surface area contributed by atoms with Crippen molar-refractivity contribution in [2.45, 2.75) is 6.18 Å². The molecule has 0 unspecified atom stereocenters. The summed E-state index contributed by atoms with van der Waals surface area (Å²) < 4.78 is 41.6. The van der Waals surface area contributed by atoms with Gasteiger partial charge in [0, 0.05) is 31.4 Å². The largest absolute Gasteiger partial charge is 0.507 e. The molecule has 1 N–H and O–H groups in total. The minimum Gasteiger partial charge on any atom is -0.507 e. The Bertz CT molecular complexity index is 1340. The number of carbonyl (C=O) groups is 1. The first-order valence-electron chi connectivity index (χ1n) is 9.17. The van der Waals surface area contributed by atoms with Gasteiger partial charge >= 0.3 is 6.18 Å². The number of alkyl halides is 3. The van der Waals surface area contributed by atoms with Crippen molar-refractivity contribution < 1.29 is 23.1 Å². The Morgan fingerprint density at radius 1 is 0.933 bits per heavy atom. The molecule has 0 saturated carbocycles. The zero-order valence-corrected chi connectivity index (χ0v) is 16.2. The van der Waals surface area contributed by atoms with E-state index in [-0.39, 0.29) is 12.1 Å². The van der Waals surface area contributed by atoms with Gasteiger partial charge in [-0.15, -0.1) is 11.3 Å². The smallest absolute Gasteiger partial charge is 0.454 e. The fraction of sp³-hybridized carbons (Fsp3) is 0.0870. The van der Waals surface area contributed by atoms with Crippen molar-refractivity contribution in [3.05, 3.63) is 77.9 Å². The number of hydrogen-bond acceptors (Lipinski definition) is 4. The number of ketones is 1. The first-order valence-corrected chi connectivity index (χ1v) is 9.99. The second-order valence-corrected chi connectivity index (χ2v) is 8.09. The molecule has 0 amide bonds. The SMILES string of the molecule is O=C(C1=C(O)c2ccc3sc4ccccc4c3c2N(c2ccccc2)C1)C(F)(F)F. The maximum absolute atomic E-state index is 13.2. The monoisotopic (exact) mass is 425 g/mol. The molecule has 0 spiro atoms. The average Bonchev–Trinajstić information content (AvgIpc) is 3.12. The van der Waals surface area contributed by atoms with Gasteiger partial charge in [-0.3, -0.25) is 4.79 Å². The highest BCUT2D eigenvalue weighted by molar-refractivity contribution is 7.26. The van der Waals surface area contributed by atoms with Gasteiger partial charge in [-0.05, 0) is 30.3 Å². The number of rotatable bonds is 2. The van der Waals surface area contributed by atoms with E-state index in [2.05, 4.69) is 0 Å². The topological polar surface area (TPSA) is 40.5 Å². The molecular weight excluding hydrogens is 411 g/mol. The van der Waals surface area contributed by atoms with Crippen LogP contribution in [0, 0.1) is 0 Å². The normalized spacial score (nSPS) is 14.4. The van der Waals surface area contributed by atoms with E-state index < -0.39 is 23.3 Å². The quantitative estimate of drug-likeness (QED) is 0.393. The second-order valence-electron chi connectivity index (χ2n) is 7.01. The molecule has 1 aliphatic heterocycles. The van der Waals surface area contributed by atoms with Gasteiger partial charge in [-0.2, -0.15) is 13.2 Å². The summed E-state index contributed by atoms with van der Waals surface area (Å²) in [6.45, 7) is -0.371. The average molecular weight is 425 g/mol. The third-order valence-corrected chi connectivity index (χ3v) is 6.38. The molecule has 1 aromatic heterocycles. The van der Waals surface area contributed by atoms with Crippen LogP contribution in [0.3, 0.4) is 0 Å². The van der Waals surface area contributed by atoms with Crippen LogP contribution in [0.25, 0.3) is 25.9 Å². The summed E-state index contributed by atoms with van der Waals surface area (Å²) >= 11 is 1.57. The Morgan fingerprint density at radius 3 is 2.37 bits per heavy atom. The lowest BCUT2D eigenvalue weighted by Crippen LogP contribution is -2.34. The molecule has 1 aliphatic rings. The van der Waals surface area contributed by atoms with E-state index in [9.17, 15) is 23.1 Å². The van der Waals surface area contributed by atoms with Gasteiger partial charge < -0.3 is 10.0 Å². The van der Waals surface area contributed by atoms with E-state index in [4.69, 9.17) is 0 Å². The van der Waals surface area contributed by atoms with Gasteiger partial charge in [-0.1, -0.05) is 36.4 Å². The summed E-state index contributed by atoms with van der Waals surface area (Å²) in [5.74, 6) is -2.64. The summed E-state index contributed by atoms with van der Waals surface area (Å²) in [4.78, 5) is 13.8. The summed E-state index contributed by atoms with van der Waals surface area (Å²) in [6, 6.07) is 20.0. The third kappa shape index (κ3) is 2.77. The first kappa shape index (κ1) is 18.7. The molecule has 30 heavy (non-hydrogen) atoms. The van der Waals surface area contributed by atoms with E-state index in [1.807, 2.05) is 30.3 Å². The van der Waals surface area contributed by atoms with Gasteiger partial charge in [0.05, 0.1) is 17.8 Å². The lowest BCUT2D eigenvalue weighted by molar-refractivity contribution is -0.166. The predicted molar refractivity (Wildman–Crippen MR) is 113 cm³/mol. The standard InChI is InChI=1S/C23H14F3NO2S/c24-23(25,26)22(29)16-12-27(13-6-2-1-3-7-13)20-15(21(16)28)10-11-18-19(20)14-8-4-5-9-17(14)30-18/h1-11,28H,12H2. The molecule has 0 atom stereocenters. The number of Topliss-reactive ketones (excluding diaryl/α,β-unsaturated/α-hetero) is 1. The first-order chi connectivity index (χ1) is 14.4. The molecule has 0 bridgehead atoms. The van der Waals surface area contributed by atoms with Crippen molar-refractivity contribution >= 4 is 54.4 Å². The summed E-state index contributed by atoms with van der Waals surface area (Å²) in [6.07, 6.45) is -5.07. The molecule has 150 valence electrons. The molecule has 0 radical (unpaired) electrons. The van der Waals surface area contributed by atoms with Crippen molar-refractivity contribution in [2.75, 3.05) is 11.4 Å². The number of thiophene rings is 1. The molecule has 0 saturated heterocycles. The number of nitrogens with zero attached hydrogens (tertiary/aromatic N) is 1. The van der Waals surface area contributed by atoms with E-state index in [0.29, 0.717) is 11.4 Å². The Morgan fingerprint density at radius 2 is 1.63 bits per heavy atom. The van der Waals surface area contributed by atoms with Crippen LogP contribution < -0.4 is 4.90 Å². The van der Waals surface area contributed by atoms with Crippen LogP contribution >= 0.6 is 11.3 Å². The molecule has 2 heterocycles. The van der Waals surface area contributed by atoms with Gasteiger partial charge in [0.15, 0.2) is 0 Å². The molecular formula is C23H14F3NO2S. The van der Waals surface area contributed by atoms with E-state index in [0.717, 1.165) is 20.2 Å². The highest BCUT2D eigenvalue weighted by atomic mass is 32.1. The van der Waals surface area contributed by atoms with E-state index >= 15 is 0 Å². The number of benzene rings is 3. The lowest BCUT2D eigenvalue weighted by atomic mass is 9.94. The molecule has 3 nitrogen and oxygen atoms in total. The zero-order chi connectivity index (χ0) is 21.0. The Balaban J connectivity index is 1.87. The van der Waals surface area contributed by atoms with E-state index in [1.54, 1.807) is 52.6 Å². The number of hydrogen-bond donors (Lipinski definition) is 1. The number of anilines is 2. The van der Waals surface area contributed by atoms with Crippen LogP contribution in [-0.4, -0.2) is 23.6 Å². The Labute approximate surface area is 173 Å². The highest BCUT2D eigenvalue weighted by Gasteiger charge is 2.44. The summed E-state index contributed by atoms with van der Waals surface area (Å²) in [5.41, 5.74) is 0.806. The molecule has 7 heteroatoms. The van der Waals surface area contributed by atoms with Gasteiger partial charge in [0.1, 0.15) is 5.76 Å². The fourth-order valence-corrected chi connectivity index (χ4v) is 5.03. The van der Waals surface area contributed by atoms with Crippen molar-refractivity contribution in [1.82, 2.24) is 0 Å². The lowest BCUT2D eigenvalue weighted by Gasteiger charge is -2.33. The number of halogens is 3. The van der Waals surface area contributed by atoms with Crippen LogP contribution in [0.5, 0.6) is 0 Å². The van der Waals surface area contributed by atoms with Crippen LogP contribution in [0.1, 0.15) is 5.56 Å². The van der Waals surface area contributed by atoms with Crippen molar-refractivity contribution in [3.63, 3.8) is 0 Å². The van der Waals surface area contributed by atoms with Gasteiger partial charge in [-0.25, -0.2) is 0 Å². The van der Waals surface area contributed by atoms with E-state index in [1.165, 1.54) is 0 Å². The second kappa shape index (κ2) is 6.60. The maximum Gasteiger partial charge on any atom is 0.454 e. The van der Waals surface area contributed by atoms with Gasteiger partial charge in [0.25, 0.3) is 5.78 Å².